The average molecular weight is 176 g/mol. The third kappa shape index (κ3) is 5.48. The third-order valence-corrected chi connectivity index (χ3v) is 1.17. The first kappa shape index (κ1) is 10.7. The fraction of sp³-hybridized carbons (Fsp3) is 0.667. The predicted octanol–water partition coefficient (Wildman–Crippen LogP) is -0.856. The van der Waals surface area contributed by atoms with Gasteiger partial charge >= 0.3 is 12.1 Å². The van der Waals surface area contributed by atoms with Crippen molar-refractivity contribution in [2.75, 3.05) is 13.2 Å². The lowest BCUT2D eigenvalue weighted by Gasteiger charge is -2.07. The summed E-state index contributed by atoms with van der Waals surface area (Å²) < 4.78 is 4.36. The van der Waals surface area contributed by atoms with Crippen LogP contribution in [-0.4, -0.2) is 36.4 Å². The molecule has 1 atom stereocenters. The summed E-state index contributed by atoms with van der Waals surface area (Å²) in [7, 11) is 0. The SMILES string of the molecule is CC(NCCOC(N)=O)C(=O)O. The van der Waals surface area contributed by atoms with E-state index in [4.69, 9.17) is 5.11 Å². The topological polar surface area (TPSA) is 102 Å². The summed E-state index contributed by atoms with van der Waals surface area (Å²) in [4.78, 5) is 20.3. The minimum absolute atomic E-state index is 0.0763. The van der Waals surface area contributed by atoms with Gasteiger partial charge in [0.15, 0.2) is 0 Å². The lowest BCUT2D eigenvalue weighted by Crippen LogP contribution is -2.36. The maximum Gasteiger partial charge on any atom is 0.404 e. The largest absolute Gasteiger partial charge is 0.480 e. The zero-order valence-corrected chi connectivity index (χ0v) is 6.74. The highest BCUT2D eigenvalue weighted by Gasteiger charge is 2.08. The highest BCUT2D eigenvalue weighted by Crippen LogP contribution is 1.80. The molecule has 0 fully saturated rings. The molecule has 6 nitrogen and oxygen atoms in total. The number of carboxylic acids is 1. The molecule has 0 saturated carbocycles. The fourth-order valence-electron chi connectivity index (χ4n) is 0.514. The van der Waals surface area contributed by atoms with Crippen LogP contribution in [0.2, 0.25) is 0 Å². The second-order valence-corrected chi connectivity index (χ2v) is 2.18. The average Bonchev–Trinajstić information content (AvgIpc) is 1.97. The van der Waals surface area contributed by atoms with E-state index < -0.39 is 18.1 Å². The quantitative estimate of drug-likeness (QED) is 0.473. The Kier molecular flexibility index (Phi) is 4.78. The molecule has 0 saturated heterocycles. The first-order chi connectivity index (χ1) is 5.54. The summed E-state index contributed by atoms with van der Waals surface area (Å²) in [5, 5.41) is 11.0. The van der Waals surface area contributed by atoms with E-state index in [0.717, 1.165) is 0 Å². The highest BCUT2D eigenvalue weighted by molar-refractivity contribution is 5.72. The van der Waals surface area contributed by atoms with Crippen LogP contribution >= 0.6 is 0 Å². The summed E-state index contributed by atoms with van der Waals surface area (Å²) in [5.41, 5.74) is 4.66. The Morgan fingerprint density at radius 3 is 2.67 bits per heavy atom. The molecule has 0 aliphatic rings. The monoisotopic (exact) mass is 176 g/mol. The lowest BCUT2D eigenvalue weighted by molar-refractivity contribution is -0.139. The van der Waals surface area contributed by atoms with E-state index in [1.54, 1.807) is 0 Å². The van der Waals surface area contributed by atoms with Gasteiger partial charge in [0.25, 0.3) is 0 Å². The van der Waals surface area contributed by atoms with Crippen LogP contribution in [0.5, 0.6) is 0 Å². The van der Waals surface area contributed by atoms with Gasteiger partial charge in [-0.15, -0.1) is 0 Å². The molecule has 0 radical (unpaired) electrons. The summed E-state index contributed by atoms with van der Waals surface area (Å²) in [6, 6.07) is -0.651. The summed E-state index contributed by atoms with van der Waals surface area (Å²) in [6.07, 6.45) is -0.861. The number of rotatable bonds is 5. The number of ether oxygens (including phenoxy) is 1. The number of carbonyl (C=O) groups excluding carboxylic acids is 1. The molecule has 12 heavy (non-hydrogen) atoms. The molecular formula is C6H12N2O4. The second kappa shape index (κ2) is 5.36. The van der Waals surface area contributed by atoms with Crippen LogP contribution in [0.1, 0.15) is 6.92 Å². The standard InChI is InChI=1S/C6H12N2O4/c1-4(5(9)10)8-2-3-12-6(7)11/h4,8H,2-3H2,1H3,(H2,7,11)(H,9,10). The van der Waals surface area contributed by atoms with Crippen molar-refractivity contribution in [3.8, 4) is 0 Å². The molecule has 6 heteroatoms. The van der Waals surface area contributed by atoms with E-state index in [-0.39, 0.29) is 13.2 Å². The van der Waals surface area contributed by atoms with E-state index >= 15 is 0 Å². The van der Waals surface area contributed by atoms with Gasteiger partial charge in [0.2, 0.25) is 0 Å². The minimum atomic E-state index is -0.950. The number of carbonyl (C=O) groups is 2. The number of nitrogens with two attached hydrogens (primary N) is 1. The van der Waals surface area contributed by atoms with E-state index in [9.17, 15) is 9.59 Å². The zero-order valence-electron chi connectivity index (χ0n) is 6.74. The smallest absolute Gasteiger partial charge is 0.404 e. The van der Waals surface area contributed by atoms with Crippen molar-refractivity contribution in [1.82, 2.24) is 5.32 Å². The van der Waals surface area contributed by atoms with Crippen molar-refractivity contribution in [1.29, 1.82) is 0 Å². The van der Waals surface area contributed by atoms with E-state index in [1.165, 1.54) is 6.92 Å². The molecule has 0 bridgehead atoms. The first-order valence-electron chi connectivity index (χ1n) is 3.42. The van der Waals surface area contributed by atoms with Crippen LogP contribution in [0.15, 0.2) is 0 Å². The third-order valence-electron chi connectivity index (χ3n) is 1.17. The van der Waals surface area contributed by atoms with Crippen molar-refractivity contribution in [3.63, 3.8) is 0 Å². The molecule has 0 aromatic carbocycles. The lowest BCUT2D eigenvalue weighted by atomic mass is 10.3. The van der Waals surface area contributed by atoms with E-state index in [2.05, 4.69) is 15.8 Å². The van der Waals surface area contributed by atoms with Crippen molar-refractivity contribution in [3.05, 3.63) is 0 Å². The van der Waals surface area contributed by atoms with Gasteiger partial charge in [-0.1, -0.05) is 0 Å². The Morgan fingerprint density at radius 1 is 1.67 bits per heavy atom. The van der Waals surface area contributed by atoms with Crippen LogP contribution < -0.4 is 11.1 Å². The highest BCUT2D eigenvalue weighted by atomic mass is 16.5. The van der Waals surface area contributed by atoms with Gasteiger partial charge < -0.3 is 20.9 Å². The summed E-state index contributed by atoms with van der Waals surface area (Å²) >= 11 is 0. The van der Waals surface area contributed by atoms with Crippen molar-refractivity contribution < 1.29 is 19.4 Å². The van der Waals surface area contributed by atoms with Crippen LogP contribution in [0.3, 0.4) is 0 Å². The van der Waals surface area contributed by atoms with Gasteiger partial charge in [0.05, 0.1) is 0 Å². The second-order valence-electron chi connectivity index (χ2n) is 2.18. The number of amides is 1. The predicted molar refractivity (Wildman–Crippen MR) is 40.6 cm³/mol. The summed E-state index contributed by atoms with van der Waals surface area (Å²) in [6.45, 7) is 1.84. The Morgan fingerprint density at radius 2 is 2.25 bits per heavy atom. The van der Waals surface area contributed by atoms with Gasteiger partial charge in [-0.25, -0.2) is 4.79 Å². The Bertz CT molecular complexity index is 171. The number of aliphatic carboxylic acids is 1. The van der Waals surface area contributed by atoms with Crippen LogP contribution in [-0.2, 0) is 9.53 Å². The maximum atomic E-state index is 10.2. The Hall–Kier alpha value is -1.30. The van der Waals surface area contributed by atoms with E-state index in [1.807, 2.05) is 0 Å². The molecule has 70 valence electrons. The fourth-order valence-corrected chi connectivity index (χ4v) is 0.514. The molecule has 0 spiro atoms. The van der Waals surface area contributed by atoms with Gasteiger partial charge in [-0.05, 0) is 6.92 Å². The molecule has 4 N–H and O–H groups in total. The molecule has 1 amide bonds. The molecule has 0 aliphatic carbocycles. The number of carboxylic acid groups (broad SMARTS) is 1. The van der Waals surface area contributed by atoms with Crippen LogP contribution in [0, 0.1) is 0 Å². The molecular weight excluding hydrogens is 164 g/mol. The number of hydrogen-bond donors (Lipinski definition) is 3. The normalized spacial score (nSPS) is 12.1. The number of nitrogens with one attached hydrogen (secondary N) is 1. The van der Waals surface area contributed by atoms with Gasteiger partial charge in [-0.3, -0.25) is 4.79 Å². The van der Waals surface area contributed by atoms with Crippen LogP contribution in [0.25, 0.3) is 0 Å². The van der Waals surface area contributed by atoms with Crippen molar-refractivity contribution in [2.45, 2.75) is 13.0 Å². The minimum Gasteiger partial charge on any atom is -0.480 e. The van der Waals surface area contributed by atoms with Gasteiger partial charge in [-0.2, -0.15) is 0 Å². The Balaban J connectivity index is 3.31. The van der Waals surface area contributed by atoms with E-state index in [0.29, 0.717) is 0 Å². The van der Waals surface area contributed by atoms with Gasteiger partial charge in [0.1, 0.15) is 12.6 Å². The molecule has 0 heterocycles. The molecule has 0 aromatic heterocycles. The molecule has 0 rings (SSSR count). The molecule has 1 unspecified atom stereocenters. The van der Waals surface area contributed by atoms with Gasteiger partial charge in [0, 0.05) is 6.54 Å². The molecule has 0 aliphatic heterocycles. The maximum absolute atomic E-state index is 10.2. The summed E-state index contributed by atoms with van der Waals surface area (Å²) in [5.74, 6) is -0.950. The number of hydrogen-bond acceptors (Lipinski definition) is 4. The van der Waals surface area contributed by atoms with Crippen molar-refractivity contribution >= 4 is 12.1 Å². The zero-order chi connectivity index (χ0) is 9.56. The van der Waals surface area contributed by atoms with Crippen molar-refractivity contribution in [2.24, 2.45) is 5.73 Å². The number of primary amides is 1. The van der Waals surface area contributed by atoms with Crippen LogP contribution in [0.4, 0.5) is 4.79 Å². The Labute approximate surface area is 69.7 Å². The molecule has 0 aromatic rings. The first-order valence-corrected chi connectivity index (χ1v) is 3.42.